The first-order chi connectivity index (χ1) is 8.69. The fourth-order valence-electron chi connectivity index (χ4n) is 1.31. The molecule has 2 N–H and O–H groups in total. The first kappa shape index (κ1) is 12.7. The highest BCUT2D eigenvalue weighted by Gasteiger charge is 2.07. The topological polar surface area (TPSA) is 88.8 Å². The molecule has 0 amide bonds. The van der Waals surface area contributed by atoms with Crippen molar-refractivity contribution in [2.75, 3.05) is 17.2 Å². The van der Waals surface area contributed by atoms with E-state index in [0.29, 0.717) is 30.0 Å². The molecule has 7 nitrogen and oxygen atoms in total. The second-order valence-electron chi connectivity index (χ2n) is 3.50. The molecule has 0 saturated heterocycles. The number of nitrogens with zero attached hydrogens (tertiary/aromatic N) is 4. The predicted octanol–water partition coefficient (Wildman–Crippen LogP) is 1.97. The van der Waals surface area contributed by atoms with E-state index in [1.807, 2.05) is 6.92 Å². The van der Waals surface area contributed by atoms with E-state index in [1.54, 1.807) is 13.1 Å². The zero-order chi connectivity index (χ0) is 13.0. The third kappa shape index (κ3) is 3.16. The normalized spacial score (nSPS) is 10.4. The highest BCUT2D eigenvalue weighted by atomic mass is 79.9. The van der Waals surface area contributed by atoms with E-state index in [9.17, 15) is 0 Å². The molecule has 2 aromatic heterocycles. The summed E-state index contributed by atoms with van der Waals surface area (Å²) in [4.78, 5) is 12.5. The highest BCUT2D eigenvalue weighted by Crippen LogP contribution is 2.20. The Morgan fingerprint density at radius 2 is 2.17 bits per heavy atom. The number of nitrogens with one attached hydrogen (secondary N) is 2. The zero-order valence-electron chi connectivity index (χ0n) is 10.1. The summed E-state index contributed by atoms with van der Waals surface area (Å²) >= 11 is 3.38. The van der Waals surface area contributed by atoms with Gasteiger partial charge in [0, 0.05) is 19.7 Å². The molecule has 0 spiro atoms. The maximum atomic E-state index is 4.89. The Hall–Kier alpha value is -1.70. The lowest BCUT2D eigenvalue weighted by Crippen LogP contribution is -2.07. The molecule has 2 heterocycles. The lowest BCUT2D eigenvalue weighted by Gasteiger charge is -2.07. The maximum Gasteiger partial charge on any atom is 0.224 e. The highest BCUT2D eigenvalue weighted by molar-refractivity contribution is 9.10. The van der Waals surface area contributed by atoms with E-state index in [-0.39, 0.29) is 0 Å². The SMILES string of the molecule is CCNc1ncc(Br)c(NCc2noc(C)n2)n1. The van der Waals surface area contributed by atoms with Crippen LogP contribution in [0.2, 0.25) is 0 Å². The van der Waals surface area contributed by atoms with E-state index >= 15 is 0 Å². The second-order valence-corrected chi connectivity index (χ2v) is 4.36. The summed E-state index contributed by atoms with van der Waals surface area (Å²) in [5, 5.41) is 9.96. The minimum Gasteiger partial charge on any atom is -0.362 e. The average Bonchev–Trinajstić information content (AvgIpc) is 2.76. The molecule has 0 radical (unpaired) electrons. The van der Waals surface area contributed by atoms with Crippen molar-refractivity contribution >= 4 is 27.7 Å². The molecule has 0 atom stereocenters. The molecule has 8 heteroatoms. The zero-order valence-corrected chi connectivity index (χ0v) is 11.7. The van der Waals surface area contributed by atoms with Gasteiger partial charge in [-0.1, -0.05) is 5.16 Å². The molecule has 2 aromatic rings. The van der Waals surface area contributed by atoms with Crippen LogP contribution in [0.5, 0.6) is 0 Å². The third-order valence-corrected chi connectivity index (χ3v) is 2.64. The van der Waals surface area contributed by atoms with Gasteiger partial charge in [-0.15, -0.1) is 0 Å². The summed E-state index contributed by atoms with van der Waals surface area (Å²) in [6.45, 7) is 4.95. The molecule has 0 saturated carbocycles. The summed E-state index contributed by atoms with van der Waals surface area (Å²) in [6.07, 6.45) is 1.69. The summed E-state index contributed by atoms with van der Waals surface area (Å²) in [5.41, 5.74) is 0. The van der Waals surface area contributed by atoms with E-state index in [4.69, 9.17) is 4.52 Å². The number of hydrogen-bond acceptors (Lipinski definition) is 7. The molecule has 0 fully saturated rings. The van der Waals surface area contributed by atoms with Crippen LogP contribution in [0.4, 0.5) is 11.8 Å². The number of halogens is 1. The average molecular weight is 313 g/mol. The number of anilines is 2. The van der Waals surface area contributed by atoms with Crippen LogP contribution >= 0.6 is 15.9 Å². The molecule has 0 unspecified atom stereocenters. The van der Waals surface area contributed by atoms with Crippen molar-refractivity contribution in [2.45, 2.75) is 20.4 Å². The van der Waals surface area contributed by atoms with Gasteiger partial charge in [0.2, 0.25) is 11.8 Å². The van der Waals surface area contributed by atoms with E-state index in [2.05, 4.69) is 46.7 Å². The minimum absolute atomic E-state index is 0.443. The van der Waals surface area contributed by atoms with Crippen molar-refractivity contribution in [3.8, 4) is 0 Å². The van der Waals surface area contributed by atoms with Crippen molar-refractivity contribution in [3.63, 3.8) is 0 Å². The maximum absolute atomic E-state index is 4.89. The van der Waals surface area contributed by atoms with Crippen LogP contribution < -0.4 is 10.6 Å². The molecule has 0 aliphatic heterocycles. The van der Waals surface area contributed by atoms with Crippen LogP contribution in [-0.2, 0) is 6.54 Å². The molecule has 0 aromatic carbocycles. The first-order valence-electron chi connectivity index (χ1n) is 5.48. The van der Waals surface area contributed by atoms with Gasteiger partial charge in [-0.05, 0) is 22.9 Å². The number of aromatic nitrogens is 4. The summed E-state index contributed by atoms with van der Waals surface area (Å²) in [6, 6.07) is 0. The summed E-state index contributed by atoms with van der Waals surface area (Å²) in [7, 11) is 0. The minimum atomic E-state index is 0.443. The summed E-state index contributed by atoms with van der Waals surface area (Å²) in [5.74, 6) is 2.39. The van der Waals surface area contributed by atoms with Crippen LogP contribution in [-0.4, -0.2) is 26.7 Å². The molecular formula is C10H13BrN6O. The Labute approximate surface area is 113 Å². The number of aryl methyl sites for hydroxylation is 1. The van der Waals surface area contributed by atoms with Crippen LogP contribution in [0.25, 0.3) is 0 Å². The summed E-state index contributed by atoms with van der Waals surface area (Å²) < 4.78 is 5.67. The first-order valence-corrected chi connectivity index (χ1v) is 6.27. The Morgan fingerprint density at radius 1 is 1.33 bits per heavy atom. The van der Waals surface area contributed by atoms with Crippen molar-refractivity contribution in [1.82, 2.24) is 20.1 Å². The van der Waals surface area contributed by atoms with Gasteiger partial charge in [0.1, 0.15) is 5.82 Å². The monoisotopic (exact) mass is 312 g/mol. The molecule has 0 aliphatic rings. The van der Waals surface area contributed by atoms with Crippen LogP contribution in [0.1, 0.15) is 18.6 Å². The Morgan fingerprint density at radius 3 is 2.83 bits per heavy atom. The van der Waals surface area contributed by atoms with E-state index < -0.39 is 0 Å². The third-order valence-electron chi connectivity index (χ3n) is 2.06. The van der Waals surface area contributed by atoms with Gasteiger partial charge in [-0.25, -0.2) is 4.98 Å². The van der Waals surface area contributed by atoms with Gasteiger partial charge in [0.15, 0.2) is 5.82 Å². The molecule has 0 bridgehead atoms. The molecule has 2 rings (SSSR count). The van der Waals surface area contributed by atoms with Gasteiger partial charge < -0.3 is 15.2 Å². The van der Waals surface area contributed by atoms with Gasteiger partial charge in [-0.2, -0.15) is 9.97 Å². The van der Waals surface area contributed by atoms with Gasteiger partial charge in [0.05, 0.1) is 11.0 Å². The number of hydrogen-bond donors (Lipinski definition) is 2. The van der Waals surface area contributed by atoms with Crippen LogP contribution in [0.15, 0.2) is 15.2 Å². The lowest BCUT2D eigenvalue weighted by atomic mass is 10.5. The van der Waals surface area contributed by atoms with Gasteiger partial charge in [-0.3, -0.25) is 0 Å². The van der Waals surface area contributed by atoms with Crippen molar-refractivity contribution in [1.29, 1.82) is 0 Å². The Balaban J connectivity index is 2.05. The van der Waals surface area contributed by atoms with Crippen LogP contribution in [0, 0.1) is 6.92 Å². The van der Waals surface area contributed by atoms with E-state index in [0.717, 1.165) is 11.0 Å². The fourth-order valence-corrected chi connectivity index (χ4v) is 1.64. The van der Waals surface area contributed by atoms with Crippen LogP contribution in [0.3, 0.4) is 0 Å². The van der Waals surface area contributed by atoms with Crippen molar-refractivity contribution in [3.05, 3.63) is 22.4 Å². The lowest BCUT2D eigenvalue weighted by molar-refractivity contribution is 0.388. The standard InChI is InChI=1S/C10H13BrN6O/c1-3-12-10-14-4-7(11)9(16-10)13-5-8-15-6(2)18-17-8/h4H,3,5H2,1-2H3,(H2,12,13,14,16). The fraction of sp³-hybridized carbons (Fsp3) is 0.400. The number of rotatable bonds is 5. The van der Waals surface area contributed by atoms with Crippen molar-refractivity contribution in [2.24, 2.45) is 0 Å². The van der Waals surface area contributed by atoms with Gasteiger partial charge >= 0.3 is 0 Å². The van der Waals surface area contributed by atoms with E-state index in [1.165, 1.54) is 0 Å². The largest absolute Gasteiger partial charge is 0.362 e. The molecule has 96 valence electrons. The smallest absolute Gasteiger partial charge is 0.224 e. The predicted molar refractivity (Wildman–Crippen MR) is 70.3 cm³/mol. The quantitative estimate of drug-likeness (QED) is 0.872. The Kier molecular flexibility index (Phi) is 4.08. The van der Waals surface area contributed by atoms with Crippen molar-refractivity contribution < 1.29 is 4.52 Å². The molecule has 18 heavy (non-hydrogen) atoms. The molecular weight excluding hydrogens is 300 g/mol. The van der Waals surface area contributed by atoms with Gasteiger partial charge in [0.25, 0.3) is 0 Å². The molecule has 0 aliphatic carbocycles. The second kappa shape index (κ2) is 5.76. The Bertz CT molecular complexity index is 529.